The standard InChI is InChI=1S/C14H10N2O2/c1-18-14(17)9-6-7-12-13(8-9)16-11-5-3-2-4-10(11)15-12/h2-8H,1H3. The van der Waals surface area contributed by atoms with Gasteiger partial charge in [0.05, 0.1) is 34.7 Å². The first-order valence-electron chi connectivity index (χ1n) is 5.53. The fourth-order valence-corrected chi connectivity index (χ4v) is 1.87. The fraction of sp³-hybridized carbons (Fsp3) is 0.0714. The van der Waals surface area contributed by atoms with Gasteiger partial charge < -0.3 is 4.74 Å². The van der Waals surface area contributed by atoms with Gasteiger partial charge in [0.25, 0.3) is 0 Å². The first kappa shape index (κ1) is 10.7. The highest BCUT2D eigenvalue weighted by atomic mass is 16.5. The smallest absolute Gasteiger partial charge is 0.337 e. The minimum atomic E-state index is -0.369. The van der Waals surface area contributed by atoms with Crippen LogP contribution < -0.4 is 0 Å². The molecule has 0 fully saturated rings. The average molecular weight is 238 g/mol. The van der Waals surface area contributed by atoms with Gasteiger partial charge in [-0.25, -0.2) is 14.8 Å². The lowest BCUT2D eigenvalue weighted by Crippen LogP contribution is -2.01. The molecule has 0 radical (unpaired) electrons. The molecule has 4 nitrogen and oxygen atoms in total. The van der Waals surface area contributed by atoms with Gasteiger partial charge in [-0.1, -0.05) is 12.1 Å². The SMILES string of the molecule is COC(=O)c1ccc2nc3ccccc3nc2c1. The number of para-hydroxylation sites is 2. The zero-order chi connectivity index (χ0) is 12.5. The van der Waals surface area contributed by atoms with Gasteiger partial charge in [-0.2, -0.15) is 0 Å². The molecule has 0 spiro atoms. The Morgan fingerprint density at radius 2 is 1.56 bits per heavy atom. The van der Waals surface area contributed by atoms with Gasteiger partial charge in [0.2, 0.25) is 0 Å². The van der Waals surface area contributed by atoms with Crippen LogP contribution in [0.2, 0.25) is 0 Å². The van der Waals surface area contributed by atoms with Gasteiger partial charge in [-0.3, -0.25) is 0 Å². The molecule has 1 heterocycles. The van der Waals surface area contributed by atoms with E-state index in [1.807, 2.05) is 24.3 Å². The summed E-state index contributed by atoms with van der Waals surface area (Å²) in [5.74, 6) is -0.369. The van der Waals surface area contributed by atoms with Crippen molar-refractivity contribution >= 4 is 28.0 Å². The summed E-state index contributed by atoms with van der Waals surface area (Å²) in [7, 11) is 1.36. The molecule has 88 valence electrons. The number of hydrogen-bond donors (Lipinski definition) is 0. The second-order valence-corrected chi connectivity index (χ2v) is 3.91. The lowest BCUT2D eigenvalue weighted by atomic mass is 10.2. The van der Waals surface area contributed by atoms with Crippen molar-refractivity contribution in [2.45, 2.75) is 0 Å². The molecule has 0 amide bonds. The van der Waals surface area contributed by atoms with E-state index in [4.69, 9.17) is 0 Å². The highest BCUT2D eigenvalue weighted by Crippen LogP contribution is 2.17. The Morgan fingerprint density at radius 1 is 0.944 bits per heavy atom. The molecule has 4 heteroatoms. The van der Waals surface area contributed by atoms with Crippen molar-refractivity contribution in [2.24, 2.45) is 0 Å². The van der Waals surface area contributed by atoms with Gasteiger partial charge >= 0.3 is 5.97 Å². The van der Waals surface area contributed by atoms with Crippen LogP contribution in [-0.4, -0.2) is 23.0 Å². The Kier molecular flexibility index (Phi) is 2.41. The van der Waals surface area contributed by atoms with Gasteiger partial charge in [0.1, 0.15) is 0 Å². The quantitative estimate of drug-likeness (QED) is 0.483. The molecular formula is C14H10N2O2. The summed E-state index contributed by atoms with van der Waals surface area (Å²) in [6, 6.07) is 12.8. The minimum Gasteiger partial charge on any atom is -0.465 e. The van der Waals surface area contributed by atoms with Crippen molar-refractivity contribution in [3.63, 3.8) is 0 Å². The van der Waals surface area contributed by atoms with Crippen LogP contribution in [0.1, 0.15) is 10.4 Å². The van der Waals surface area contributed by atoms with Crippen molar-refractivity contribution in [1.82, 2.24) is 9.97 Å². The third-order valence-electron chi connectivity index (χ3n) is 2.76. The van der Waals surface area contributed by atoms with Crippen LogP contribution in [0, 0.1) is 0 Å². The molecule has 0 bridgehead atoms. The number of rotatable bonds is 1. The third kappa shape index (κ3) is 1.68. The predicted molar refractivity (Wildman–Crippen MR) is 68.4 cm³/mol. The molecule has 0 aliphatic carbocycles. The topological polar surface area (TPSA) is 52.1 Å². The van der Waals surface area contributed by atoms with E-state index in [1.54, 1.807) is 18.2 Å². The van der Waals surface area contributed by atoms with E-state index >= 15 is 0 Å². The van der Waals surface area contributed by atoms with Crippen LogP contribution >= 0.6 is 0 Å². The number of methoxy groups -OCH3 is 1. The van der Waals surface area contributed by atoms with Gasteiger partial charge in [-0.05, 0) is 30.3 Å². The fourth-order valence-electron chi connectivity index (χ4n) is 1.87. The average Bonchev–Trinajstić information content (AvgIpc) is 2.43. The summed E-state index contributed by atoms with van der Waals surface area (Å²) >= 11 is 0. The monoisotopic (exact) mass is 238 g/mol. The van der Waals surface area contributed by atoms with Gasteiger partial charge in [-0.15, -0.1) is 0 Å². The largest absolute Gasteiger partial charge is 0.465 e. The van der Waals surface area contributed by atoms with E-state index in [9.17, 15) is 4.79 Å². The Bertz CT molecular complexity index is 753. The second-order valence-electron chi connectivity index (χ2n) is 3.91. The summed E-state index contributed by atoms with van der Waals surface area (Å²) in [5, 5.41) is 0. The van der Waals surface area contributed by atoms with E-state index in [2.05, 4.69) is 14.7 Å². The Morgan fingerprint density at radius 3 is 2.22 bits per heavy atom. The van der Waals surface area contributed by atoms with E-state index in [-0.39, 0.29) is 5.97 Å². The maximum absolute atomic E-state index is 11.5. The van der Waals surface area contributed by atoms with Crippen LogP contribution in [-0.2, 0) is 4.74 Å². The normalized spacial score (nSPS) is 10.7. The zero-order valence-corrected chi connectivity index (χ0v) is 9.75. The lowest BCUT2D eigenvalue weighted by molar-refractivity contribution is 0.0601. The number of nitrogens with zero attached hydrogens (tertiary/aromatic N) is 2. The molecule has 1 aromatic heterocycles. The summed E-state index contributed by atoms with van der Waals surface area (Å²) in [6.07, 6.45) is 0. The van der Waals surface area contributed by atoms with Crippen molar-refractivity contribution in [3.8, 4) is 0 Å². The lowest BCUT2D eigenvalue weighted by Gasteiger charge is -2.03. The number of carbonyl (C=O) groups is 1. The number of carbonyl (C=O) groups excluding carboxylic acids is 1. The summed E-state index contributed by atoms with van der Waals surface area (Å²) in [6.45, 7) is 0. The highest BCUT2D eigenvalue weighted by Gasteiger charge is 2.07. The van der Waals surface area contributed by atoms with Crippen LogP contribution in [0.3, 0.4) is 0 Å². The van der Waals surface area contributed by atoms with E-state index < -0.39 is 0 Å². The summed E-state index contributed by atoms with van der Waals surface area (Å²) in [5.41, 5.74) is 3.59. The molecule has 0 N–H and O–H groups in total. The zero-order valence-electron chi connectivity index (χ0n) is 9.75. The molecule has 3 aromatic rings. The number of aromatic nitrogens is 2. The molecule has 18 heavy (non-hydrogen) atoms. The van der Waals surface area contributed by atoms with E-state index in [0.717, 1.165) is 16.6 Å². The second kappa shape index (κ2) is 4.07. The molecule has 0 atom stereocenters. The molecule has 3 rings (SSSR count). The first-order valence-corrected chi connectivity index (χ1v) is 5.53. The van der Waals surface area contributed by atoms with Crippen LogP contribution in [0.15, 0.2) is 42.5 Å². The molecule has 0 saturated heterocycles. The Hall–Kier alpha value is -2.49. The number of hydrogen-bond acceptors (Lipinski definition) is 4. The molecule has 0 unspecified atom stereocenters. The number of esters is 1. The summed E-state index contributed by atoms with van der Waals surface area (Å²) in [4.78, 5) is 20.4. The van der Waals surface area contributed by atoms with Gasteiger partial charge in [0.15, 0.2) is 0 Å². The first-order chi connectivity index (χ1) is 8.78. The predicted octanol–water partition coefficient (Wildman–Crippen LogP) is 2.57. The number of benzene rings is 2. The summed E-state index contributed by atoms with van der Waals surface area (Å²) < 4.78 is 4.69. The maximum atomic E-state index is 11.5. The van der Waals surface area contributed by atoms with Crippen LogP contribution in [0.5, 0.6) is 0 Å². The Balaban J connectivity index is 2.27. The third-order valence-corrected chi connectivity index (χ3v) is 2.76. The minimum absolute atomic E-state index is 0.369. The van der Waals surface area contributed by atoms with E-state index in [1.165, 1.54) is 7.11 Å². The number of ether oxygens (including phenoxy) is 1. The Labute approximate surface area is 103 Å². The van der Waals surface area contributed by atoms with Crippen molar-refractivity contribution in [1.29, 1.82) is 0 Å². The van der Waals surface area contributed by atoms with Crippen LogP contribution in [0.4, 0.5) is 0 Å². The molecule has 0 aliphatic heterocycles. The molecule has 0 aliphatic rings. The molecular weight excluding hydrogens is 228 g/mol. The molecule has 2 aromatic carbocycles. The van der Waals surface area contributed by atoms with Crippen LogP contribution in [0.25, 0.3) is 22.1 Å². The van der Waals surface area contributed by atoms with Gasteiger partial charge in [0, 0.05) is 0 Å². The van der Waals surface area contributed by atoms with Crippen molar-refractivity contribution in [2.75, 3.05) is 7.11 Å². The van der Waals surface area contributed by atoms with E-state index in [0.29, 0.717) is 11.1 Å². The van der Waals surface area contributed by atoms with Crippen molar-refractivity contribution < 1.29 is 9.53 Å². The van der Waals surface area contributed by atoms with Crippen molar-refractivity contribution in [3.05, 3.63) is 48.0 Å². The highest BCUT2D eigenvalue weighted by molar-refractivity contribution is 5.95. The maximum Gasteiger partial charge on any atom is 0.337 e. The number of fused-ring (bicyclic) bond motifs is 2. The molecule has 0 saturated carbocycles.